The number of rotatable bonds is 7. The molecule has 0 radical (unpaired) electrons. The Morgan fingerprint density at radius 2 is 2.12 bits per heavy atom. The zero-order valence-corrected chi connectivity index (χ0v) is 14.6. The van der Waals surface area contributed by atoms with Gasteiger partial charge in [-0.05, 0) is 58.2 Å². The minimum absolute atomic E-state index is 0.137. The predicted octanol–water partition coefficient (Wildman–Crippen LogP) is 2.74. The van der Waals surface area contributed by atoms with Gasteiger partial charge in [0, 0.05) is 6.54 Å². The summed E-state index contributed by atoms with van der Waals surface area (Å²) in [4.78, 5) is 25.4. The van der Waals surface area contributed by atoms with Gasteiger partial charge in [-0.25, -0.2) is 4.79 Å². The van der Waals surface area contributed by atoms with Crippen molar-refractivity contribution >= 4 is 11.9 Å². The normalized spacial score (nSPS) is 14.4. The van der Waals surface area contributed by atoms with E-state index < -0.39 is 6.03 Å². The van der Waals surface area contributed by atoms with E-state index in [4.69, 9.17) is 4.42 Å². The fourth-order valence-electron chi connectivity index (χ4n) is 2.82. The average molecular weight is 333 g/mol. The molecule has 0 saturated carbocycles. The van der Waals surface area contributed by atoms with Crippen molar-refractivity contribution in [2.75, 3.05) is 20.1 Å². The Balaban J connectivity index is 1.62. The number of hydrogen-bond acceptors (Lipinski definition) is 4. The van der Waals surface area contributed by atoms with E-state index in [1.807, 2.05) is 26.1 Å². The Morgan fingerprint density at radius 3 is 2.79 bits per heavy atom. The van der Waals surface area contributed by atoms with Crippen molar-refractivity contribution in [2.45, 2.75) is 45.6 Å². The SMILES string of the molecule is Cc1ccc(CN(C)CC(=O)NC(=O)NCCC2=CCCCC2)o1. The third-order valence-corrected chi connectivity index (χ3v) is 4.00. The van der Waals surface area contributed by atoms with Gasteiger partial charge in [0.15, 0.2) is 0 Å². The number of furan rings is 1. The first kappa shape index (κ1) is 18.3. The molecule has 24 heavy (non-hydrogen) atoms. The van der Waals surface area contributed by atoms with Crippen LogP contribution in [-0.4, -0.2) is 37.0 Å². The summed E-state index contributed by atoms with van der Waals surface area (Å²) >= 11 is 0. The highest BCUT2D eigenvalue weighted by molar-refractivity contribution is 5.95. The van der Waals surface area contributed by atoms with Crippen molar-refractivity contribution < 1.29 is 14.0 Å². The lowest BCUT2D eigenvalue weighted by molar-refractivity contribution is -0.121. The van der Waals surface area contributed by atoms with Crippen molar-refractivity contribution in [3.05, 3.63) is 35.3 Å². The number of allylic oxidation sites excluding steroid dienone is 1. The molecule has 0 bridgehead atoms. The second kappa shape index (κ2) is 9.27. The Bertz CT molecular complexity index is 592. The van der Waals surface area contributed by atoms with Crippen LogP contribution in [0.15, 0.2) is 28.2 Å². The zero-order valence-electron chi connectivity index (χ0n) is 14.6. The van der Waals surface area contributed by atoms with Gasteiger partial charge in [0.25, 0.3) is 0 Å². The lowest BCUT2D eigenvalue weighted by atomic mass is 9.97. The van der Waals surface area contributed by atoms with Crippen molar-refractivity contribution in [2.24, 2.45) is 0 Å². The largest absolute Gasteiger partial charge is 0.465 e. The van der Waals surface area contributed by atoms with Gasteiger partial charge in [0.05, 0.1) is 13.1 Å². The molecule has 1 aromatic heterocycles. The number of amides is 3. The number of hydrogen-bond donors (Lipinski definition) is 2. The molecule has 0 aliphatic heterocycles. The summed E-state index contributed by atoms with van der Waals surface area (Å²) in [7, 11) is 1.81. The van der Waals surface area contributed by atoms with Gasteiger partial charge in [0.1, 0.15) is 11.5 Å². The minimum atomic E-state index is -0.432. The van der Waals surface area contributed by atoms with Crippen LogP contribution in [0.4, 0.5) is 4.79 Å². The maximum absolute atomic E-state index is 11.9. The molecule has 0 fully saturated rings. The van der Waals surface area contributed by atoms with E-state index in [-0.39, 0.29) is 12.5 Å². The topological polar surface area (TPSA) is 74.6 Å². The number of aryl methyl sites for hydroxylation is 1. The van der Waals surface area contributed by atoms with Crippen molar-refractivity contribution in [1.82, 2.24) is 15.5 Å². The lowest BCUT2D eigenvalue weighted by Crippen LogP contribution is -2.43. The summed E-state index contributed by atoms with van der Waals surface area (Å²) < 4.78 is 5.47. The van der Waals surface area contributed by atoms with Crippen LogP contribution in [0, 0.1) is 6.92 Å². The fraction of sp³-hybridized carbons (Fsp3) is 0.556. The first-order valence-corrected chi connectivity index (χ1v) is 8.52. The van der Waals surface area contributed by atoms with E-state index in [0.29, 0.717) is 13.1 Å². The Morgan fingerprint density at radius 1 is 1.29 bits per heavy atom. The van der Waals surface area contributed by atoms with Crippen LogP contribution in [0.5, 0.6) is 0 Å². The summed E-state index contributed by atoms with van der Waals surface area (Å²) in [6.45, 7) is 3.10. The predicted molar refractivity (Wildman–Crippen MR) is 92.5 cm³/mol. The lowest BCUT2D eigenvalue weighted by Gasteiger charge is -2.15. The molecule has 6 nitrogen and oxygen atoms in total. The van der Waals surface area contributed by atoms with E-state index in [1.54, 1.807) is 4.90 Å². The molecule has 132 valence electrons. The highest BCUT2D eigenvalue weighted by Crippen LogP contribution is 2.19. The number of imide groups is 1. The van der Waals surface area contributed by atoms with Crippen molar-refractivity contribution in [1.29, 1.82) is 0 Å². The van der Waals surface area contributed by atoms with E-state index in [2.05, 4.69) is 16.7 Å². The van der Waals surface area contributed by atoms with E-state index in [1.165, 1.54) is 18.4 Å². The summed E-state index contributed by atoms with van der Waals surface area (Å²) in [5, 5.41) is 5.10. The summed E-state index contributed by atoms with van der Waals surface area (Å²) in [6, 6.07) is 3.34. The first-order chi connectivity index (χ1) is 11.5. The fourth-order valence-corrected chi connectivity index (χ4v) is 2.82. The Kier molecular flexibility index (Phi) is 7.06. The quantitative estimate of drug-likeness (QED) is 0.753. The molecule has 1 aliphatic carbocycles. The standard InChI is InChI=1S/C18H27N3O3/c1-14-8-9-16(24-14)12-21(2)13-17(22)20-18(23)19-11-10-15-6-4-3-5-7-15/h6,8-9H,3-5,7,10-13H2,1-2H3,(H2,19,20,22,23). The molecule has 0 saturated heterocycles. The molecule has 0 spiro atoms. The first-order valence-electron chi connectivity index (χ1n) is 8.52. The van der Waals surface area contributed by atoms with E-state index in [9.17, 15) is 9.59 Å². The Hall–Kier alpha value is -2.08. The third kappa shape index (κ3) is 6.58. The van der Waals surface area contributed by atoms with Crippen LogP contribution in [0.2, 0.25) is 0 Å². The van der Waals surface area contributed by atoms with E-state index >= 15 is 0 Å². The number of carbonyl (C=O) groups is 2. The number of likely N-dealkylation sites (N-methyl/N-ethyl adjacent to an activating group) is 1. The molecule has 2 N–H and O–H groups in total. The summed E-state index contributed by atoms with van der Waals surface area (Å²) in [5.41, 5.74) is 1.40. The molecule has 0 atom stereocenters. The third-order valence-electron chi connectivity index (χ3n) is 4.00. The molecular formula is C18H27N3O3. The smallest absolute Gasteiger partial charge is 0.321 e. The highest BCUT2D eigenvalue weighted by atomic mass is 16.3. The van der Waals surface area contributed by atoms with Crippen LogP contribution >= 0.6 is 0 Å². The van der Waals surface area contributed by atoms with E-state index in [0.717, 1.165) is 30.8 Å². The molecule has 2 rings (SSSR count). The van der Waals surface area contributed by atoms with Crippen LogP contribution in [0.1, 0.15) is 43.6 Å². The van der Waals surface area contributed by atoms with Gasteiger partial charge in [-0.2, -0.15) is 0 Å². The molecule has 3 amide bonds. The molecule has 1 heterocycles. The van der Waals surface area contributed by atoms with Crippen LogP contribution < -0.4 is 10.6 Å². The Labute approximate surface area is 143 Å². The summed E-state index contributed by atoms with van der Waals surface area (Å²) in [5.74, 6) is 1.32. The van der Waals surface area contributed by atoms with Gasteiger partial charge in [0.2, 0.25) is 5.91 Å². The van der Waals surface area contributed by atoms with Crippen LogP contribution in [0.25, 0.3) is 0 Å². The van der Waals surface area contributed by atoms with Gasteiger partial charge in [-0.15, -0.1) is 0 Å². The summed E-state index contributed by atoms with van der Waals surface area (Å²) in [6.07, 6.45) is 7.88. The second-order valence-electron chi connectivity index (χ2n) is 6.35. The van der Waals surface area contributed by atoms with Crippen LogP contribution in [0.3, 0.4) is 0 Å². The zero-order chi connectivity index (χ0) is 17.4. The maximum Gasteiger partial charge on any atom is 0.321 e. The van der Waals surface area contributed by atoms with Crippen molar-refractivity contribution in [3.63, 3.8) is 0 Å². The van der Waals surface area contributed by atoms with Gasteiger partial charge >= 0.3 is 6.03 Å². The molecule has 1 aliphatic rings. The second-order valence-corrected chi connectivity index (χ2v) is 6.35. The average Bonchev–Trinajstić information content (AvgIpc) is 2.92. The van der Waals surface area contributed by atoms with Crippen molar-refractivity contribution in [3.8, 4) is 0 Å². The maximum atomic E-state index is 11.9. The highest BCUT2D eigenvalue weighted by Gasteiger charge is 2.12. The number of nitrogens with zero attached hydrogens (tertiary/aromatic N) is 1. The molecular weight excluding hydrogens is 306 g/mol. The number of carbonyl (C=O) groups excluding carboxylic acids is 2. The van der Waals surface area contributed by atoms with Gasteiger partial charge in [-0.3, -0.25) is 15.0 Å². The minimum Gasteiger partial charge on any atom is -0.465 e. The van der Waals surface area contributed by atoms with Gasteiger partial charge < -0.3 is 9.73 Å². The number of urea groups is 1. The molecule has 1 aromatic rings. The number of nitrogens with one attached hydrogen (secondary N) is 2. The molecule has 0 unspecified atom stereocenters. The van der Waals surface area contributed by atoms with Crippen LogP contribution in [-0.2, 0) is 11.3 Å². The van der Waals surface area contributed by atoms with Gasteiger partial charge in [-0.1, -0.05) is 11.6 Å². The molecule has 0 aromatic carbocycles. The monoisotopic (exact) mass is 333 g/mol. The molecule has 6 heteroatoms.